The van der Waals surface area contributed by atoms with Crippen molar-refractivity contribution in [3.8, 4) is 0 Å². The van der Waals surface area contributed by atoms with Crippen LogP contribution in [0.15, 0.2) is 18.2 Å². The second-order valence-electron chi connectivity index (χ2n) is 5.24. The van der Waals surface area contributed by atoms with E-state index in [9.17, 15) is 9.59 Å². The van der Waals surface area contributed by atoms with Crippen LogP contribution in [0.4, 0.5) is 11.4 Å². The summed E-state index contributed by atoms with van der Waals surface area (Å²) in [6.07, 6.45) is 0.648. The van der Waals surface area contributed by atoms with E-state index in [1.165, 1.54) is 0 Å². The number of nitrogen functional groups attached to an aromatic ring is 1. The molecule has 0 spiro atoms. The second kappa shape index (κ2) is 4.46. The summed E-state index contributed by atoms with van der Waals surface area (Å²) in [5.41, 5.74) is 17.6. The number of primary amides is 2. The van der Waals surface area contributed by atoms with E-state index >= 15 is 0 Å². The van der Waals surface area contributed by atoms with Gasteiger partial charge in [-0.25, -0.2) is 0 Å². The number of carbonyl (C=O) groups excluding carboxylic acids is 2. The molecule has 1 unspecified atom stereocenters. The first-order valence-corrected chi connectivity index (χ1v) is 6.08. The van der Waals surface area contributed by atoms with Gasteiger partial charge < -0.3 is 22.1 Å². The molecule has 2 amide bonds. The minimum atomic E-state index is -0.584. The number of rotatable bonds is 3. The fraction of sp³-hybridized carbons (Fsp3) is 0.385. The molecule has 6 N–H and O–H groups in total. The van der Waals surface area contributed by atoms with Crippen LogP contribution in [0, 0.1) is 5.41 Å². The van der Waals surface area contributed by atoms with Crippen molar-refractivity contribution in [2.24, 2.45) is 16.9 Å². The summed E-state index contributed by atoms with van der Waals surface area (Å²) in [6, 6.07) is 4.94. The number of anilines is 2. The maximum Gasteiger partial charge on any atom is 0.250 e. The highest BCUT2D eigenvalue weighted by Gasteiger charge is 2.39. The maximum absolute atomic E-state index is 11.5. The van der Waals surface area contributed by atoms with E-state index in [1.54, 1.807) is 18.2 Å². The Morgan fingerprint density at radius 1 is 1.32 bits per heavy atom. The van der Waals surface area contributed by atoms with Gasteiger partial charge in [-0.2, -0.15) is 0 Å². The summed E-state index contributed by atoms with van der Waals surface area (Å²) >= 11 is 0. The van der Waals surface area contributed by atoms with Crippen molar-refractivity contribution < 1.29 is 9.59 Å². The zero-order valence-electron chi connectivity index (χ0n) is 10.8. The number of hydrogen-bond acceptors (Lipinski definition) is 4. The molecule has 0 aliphatic carbocycles. The van der Waals surface area contributed by atoms with Gasteiger partial charge in [-0.05, 0) is 31.5 Å². The molecule has 1 aliphatic heterocycles. The molecule has 0 bridgehead atoms. The van der Waals surface area contributed by atoms with Crippen molar-refractivity contribution in [3.63, 3.8) is 0 Å². The van der Waals surface area contributed by atoms with E-state index < -0.39 is 11.3 Å². The lowest BCUT2D eigenvalue weighted by molar-refractivity contribution is -0.125. The lowest BCUT2D eigenvalue weighted by Gasteiger charge is -2.24. The lowest BCUT2D eigenvalue weighted by Crippen LogP contribution is -2.37. The maximum atomic E-state index is 11.5. The van der Waals surface area contributed by atoms with Gasteiger partial charge in [-0.3, -0.25) is 9.59 Å². The van der Waals surface area contributed by atoms with E-state index in [2.05, 4.69) is 0 Å². The Morgan fingerprint density at radius 3 is 2.53 bits per heavy atom. The van der Waals surface area contributed by atoms with Crippen LogP contribution in [-0.4, -0.2) is 24.9 Å². The van der Waals surface area contributed by atoms with Crippen molar-refractivity contribution in [1.82, 2.24) is 0 Å². The largest absolute Gasteiger partial charge is 0.399 e. The van der Waals surface area contributed by atoms with Crippen LogP contribution in [0.1, 0.15) is 23.7 Å². The van der Waals surface area contributed by atoms with Gasteiger partial charge in [0.1, 0.15) is 0 Å². The zero-order valence-corrected chi connectivity index (χ0v) is 10.8. The van der Waals surface area contributed by atoms with Crippen molar-refractivity contribution in [2.45, 2.75) is 13.3 Å². The van der Waals surface area contributed by atoms with Crippen molar-refractivity contribution in [1.29, 1.82) is 0 Å². The number of carbonyl (C=O) groups is 2. The first-order valence-electron chi connectivity index (χ1n) is 6.08. The lowest BCUT2D eigenvalue weighted by atomic mass is 9.89. The average Bonchev–Trinajstić information content (AvgIpc) is 2.73. The first-order chi connectivity index (χ1) is 8.83. The Kier molecular flexibility index (Phi) is 3.09. The highest BCUT2D eigenvalue weighted by atomic mass is 16.1. The van der Waals surface area contributed by atoms with Crippen LogP contribution in [0.5, 0.6) is 0 Å². The molecule has 1 aliphatic rings. The first kappa shape index (κ1) is 13.2. The van der Waals surface area contributed by atoms with E-state index in [0.717, 1.165) is 0 Å². The van der Waals surface area contributed by atoms with Gasteiger partial charge in [-0.15, -0.1) is 0 Å². The molecular weight excluding hydrogens is 244 g/mol. The highest BCUT2D eigenvalue weighted by Crippen LogP contribution is 2.35. The molecule has 6 nitrogen and oxygen atoms in total. The Hall–Kier alpha value is -2.24. The molecule has 1 heterocycles. The molecule has 1 saturated heterocycles. The van der Waals surface area contributed by atoms with Gasteiger partial charge in [-0.1, -0.05) is 0 Å². The van der Waals surface area contributed by atoms with E-state index in [1.807, 2.05) is 11.8 Å². The van der Waals surface area contributed by atoms with Gasteiger partial charge in [0.15, 0.2) is 0 Å². The van der Waals surface area contributed by atoms with Gasteiger partial charge in [0, 0.05) is 18.8 Å². The smallest absolute Gasteiger partial charge is 0.250 e. The molecular formula is C13H18N4O2. The number of hydrogen-bond donors (Lipinski definition) is 3. The monoisotopic (exact) mass is 262 g/mol. The molecule has 1 fully saturated rings. The number of amides is 2. The van der Waals surface area contributed by atoms with Crippen LogP contribution < -0.4 is 22.1 Å². The van der Waals surface area contributed by atoms with Crippen LogP contribution in [0.25, 0.3) is 0 Å². The topological polar surface area (TPSA) is 115 Å². The highest BCUT2D eigenvalue weighted by molar-refractivity contribution is 5.99. The average molecular weight is 262 g/mol. The Morgan fingerprint density at radius 2 is 2.00 bits per heavy atom. The predicted octanol–water partition coefficient (Wildman–Crippen LogP) is 0.0694. The molecule has 0 aromatic heterocycles. The van der Waals surface area contributed by atoms with Crippen LogP contribution in [-0.2, 0) is 4.79 Å². The van der Waals surface area contributed by atoms with Crippen molar-refractivity contribution in [3.05, 3.63) is 23.8 Å². The molecule has 6 heteroatoms. The molecule has 1 atom stereocenters. The Balaban J connectivity index is 2.36. The summed E-state index contributed by atoms with van der Waals surface area (Å²) < 4.78 is 0. The van der Waals surface area contributed by atoms with Gasteiger partial charge >= 0.3 is 0 Å². The molecule has 19 heavy (non-hydrogen) atoms. The third-order valence-electron chi connectivity index (χ3n) is 3.70. The normalized spacial score (nSPS) is 22.5. The summed E-state index contributed by atoms with van der Waals surface area (Å²) in [7, 11) is 0. The molecule has 1 aromatic rings. The standard InChI is InChI=1S/C13H18N4O2/c1-13(12(16)19)4-5-17(7-13)10-6-8(14)2-3-9(10)11(15)18/h2-3,6H,4-5,7,14H2,1H3,(H2,15,18)(H2,16,19). The van der Waals surface area contributed by atoms with E-state index in [4.69, 9.17) is 17.2 Å². The van der Waals surface area contributed by atoms with Crippen molar-refractivity contribution in [2.75, 3.05) is 23.7 Å². The van der Waals surface area contributed by atoms with Crippen LogP contribution >= 0.6 is 0 Å². The molecule has 0 saturated carbocycles. The van der Waals surface area contributed by atoms with E-state index in [0.29, 0.717) is 36.4 Å². The second-order valence-corrected chi connectivity index (χ2v) is 5.24. The van der Waals surface area contributed by atoms with Crippen LogP contribution in [0.3, 0.4) is 0 Å². The fourth-order valence-corrected chi connectivity index (χ4v) is 2.39. The Labute approximate surface area is 111 Å². The van der Waals surface area contributed by atoms with Crippen LogP contribution in [0.2, 0.25) is 0 Å². The number of nitrogens with zero attached hydrogens (tertiary/aromatic N) is 1. The third kappa shape index (κ3) is 2.33. The third-order valence-corrected chi connectivity index (χ3v) is 3.70. The quantitative estimate of drug-likeness (QED) is 0.668. The summed E-state index contributed by atoms with van der Waals surface area (Å²) in [5, 5.41) is 0. The van der Waals surface area contributed by atoms with Gasteiger partial charge in [0.2, 0.25) is 5.91 Å². The molecule has 2 rings (SSSR count). The molecule has 1 aromatic carbocycles. The minimum Gasteiger partial charge on any atom is -0.399 e. The number of nitrogens with two attached hydrogens (primary N) is 3. The van der Waals surface area contributed by atoms with Gasteiger partial charge in [0.25, 0.3) is 5.91 Å². The fourth-order valence-electron chi connectivity index (χ4n) is 2.39. The number of benzene rings is 1. The van der Waals surface area contributed by atoms with E-state index in [-0.39, 0.29) is 5.91 Å². The van der Waals surface area contributed by atoms with Crippen molar-refractivity contribution >= 4 is 23.2 Å². The Bertz CT molecular complexity index is 543. The molecule has 0 radical (unpaired) electrons. The zero-order chi connectivity index (χ0) is 14.2. The summed E-state index contributed by atoms with van der Waals surface area (Å²) in [5.74, 6) is -0.845. The van der Waals surface area contributed by atoms with Gasteiger partial charge in [0.05, 0.1) is 16.7 Å². The molecule has 102 valence electrons. The summed E-state index contributed by atoms with van der Waals surface area (Å²) in [6.45, 7) is 2.93. The SMILES string of the molecule is CC1(C(N)=O)CCN(c2cc(N)ccc2C(N)=O)C1. The predicted molar refractivity (Wildman–Crippen MR) is 73.5 cm³/mol. The summed E-state index contributed by atoms with van der Waals surface area (Å²) in [4.78, 5) is 24.8. The minimum absolute atomic E-state index is 0.334.